The second-order valence-corrected chi connectivity index (χ2v) is 5.95. The molecule has 1 aliphatic rings. The normalized spacial score (nSPS) is 23.1. The van der Waals surface area contributed by atoms with Gasteiger partial charge in [-0.3, -0.25) is 9.59 Å². The number of likely N-dealkylation sites (tertiary alicyclic amines) is 1. The second-order valence-electron chi connectivity index (χ2n) is 5.95. The Morgan fingerprint density at radius 1 is 1.13 bits per heavy atom. The number of carbonyl (C=O) groups excluding carboxylic acids is 2. The number of halogens is 6. The highest BCUT2D eigenvalue weighted by Crippen LogP contribution is 2.33. The van der Waals surface area contributed by atoms with E-state index in [2.05, 4.69) is 0 Å². The molecule has 4 nitrogen and oxygen atoms in total. The topological polar surface area (TPSA) is 49.4 Å². The molecule has 1 rings (SSSR count). The Bertz CT molecular complexity index is 447. The first-order chi connectivity index (χ1) is 10.3. The number of nitrogens with zero attached hydrogens (tertiary/aromatic N) is 1. The maximum absolute atomic E-state index is 13.0. The molecular formula is C13H18F6N2O2. The van der Waals surface area contributed by atoms with Crippen LogP contribution in [-0.2, 0) is 9.59 Å². The standard InChI is InChI=1S/C13H18F6N2O2/c1-7(2)5-10(22)21-6-8(20-11(23)13(17,18)19)3-4-9(21)12(14,15)16/h7-9H,3-6H2,1-2H3,(H,20,23)/t8-,9-/m1/s1. The van der Waals surface area contributed by atoms with E-state index in [0.29, 0.717) is 4.90 Å². The van der Waals surface area contributed by atoms with E-state index in [9.17, 15) is 35.9 Å². The molecule has 1 aliphatic heterocycles. The van der Waals surface area contributed by atoms with Crippen LogP contribution in [0.3, 0.4) is 0 Å². The fraction of sp³-hybridized carbons (Fsp3) is 0.846. The average Bonchev–Trinajstić information content (AvgIpc) is 2.35. The van der Waals surface area contributed by atoms with Crippen molar-refractivity contribution in [2.75, 3.05) is 6.54 Å². The lowest BCUT2D eigenvalue weighted by Crippen LogP contribution is -2.59. The summed E-state index contributed by atoms with van der Waals surface area (Å²) in [6.07, 6.45) is -10.8. The molecule has 0 aliphatic carbocycles. The van der Waals surface area contributed by atoms with Crippen molar-refractivity contribution < 1.29 is 35.9 Å². The zero-order valence-corrected chi connectivity index (χ0v) is 12.6. The fourth-order valence-electron chi connectivity index (χ4n) is 2.44. The van der Waals surface area contributed by atoms with E-state index in [-0.39, 0.29) is 18.8 Å². The molecule has 0 aromatic rings. The van der Waals surface area contributed by atoms with Crippen molar-refractivity contribution >= 4 is 11.8 Å². The molecule has 0 spiro atoms. The Hall–Kier alpha value is -1.48. The van der Waals surface area contributed by atoms with Crippen LogP contribution < -0.4 is 5.32 Å². The lowest BCUT2D eigenvalue weighted by molar-refractivity contribution is -0.199. The Balaban J connectivity index is 2.85. The Morgan fingerprint density at radius 3 is 2.13 bits per heavy atom. The molecule has 0 radical (unpaired) electrons. The minimum atomic E-state index is -5.12. The van der Waals surface area contributed by atoms with Gasteiger partial charge in [0.25, 0.3) is 0 Å². The van der Waals surface area contributed by atoms with Gasteiger partial charge in [0, 0.05) is 19.0 Å². The van der Waals surface area contributed by atoms with Crippen molar-refractivity contribution in [2.45, 2.75) is 57.5 Å². The van der Waals surface area contributed by atoms with E-state index in [1.807, 2.05) is 0 Å². The zero-order valence-electron chi connectivity index (χ0n) is 12.6. The first-order valence-corrected chi connectivity index (χ1v) is 7.06. The van der Waals surface area contributed by atoms with Gasteiger partial charge in [-0.15, -0.1) is 0 Å². The Labute approximate surface area is 129 Å². The number of piperidine rings is 1. The highest BCUT2D eigenvalue weighted by Gasteiger charge is 2.49. The molecule has 134 valence electrons. The van der Waals surface area contributed by atoms with Crippen LogP contribution >= 0.6 is 0 Å². The molecule has 23 heavy (non-hydrogen) atoms. The maximum Gasteiger partial charge on any atom is 0.471 e. The van der Waals surface area contributed by atoms with Gasteiger partial charge in [-0.2, -0.15) is 26.3 Å². The van der Waals surface area contributed by atoms with Crippen molar-refractivity contribution in [1.82, 2.24) is 10.2 Å². The van der Waals surface area contributed by atoms with Crippen LogP contribution in [0.5, 0.6) is 0 Å². The average molecular weight is 348 g/mol. The lowest BCUT2D eigenvalue weighted by Gasteiger charge is -2.41. The number of hydrogen-bond acceptors (Lipinski definition) is 2. The number of rotatable bonds is 3. The lowest BCUT2D eigenvalue weighted by atomic mass is 9.96. The van der Waals surface area contributed by atoms with E-state index in [1.54, 1.807) is 19.2 Å². The third-order valence-electron chi connectivity index (χ3n) is 3.46. The van der Waals surface area contributed by atoms with Crippen LogP contribution in [0.15, 0.2) is 0 Å². The van der Waals surface area contributed by atoms with Gasteiger partial charge in [-0.05, 0) is 18.8 Å². The number of alkyl halides is 6. The molecule has 2 atom stereocenters. The van der Waals surface area contributed by atoms with Gasteiger partial charge in [-0.25, -0.2) is 0 Å². The van der Waals surface area contributed by atoms with E-state index in [0.717, 1.165) is 0 Å². The molecule has 1 saturated heterocycles. The van der Waals surface area contributed by atoms with Crippen LogP contribution in [0.2, 0.25) is 0 Å². The predicted octanol–water partition coefficient (Wildman–Crippen LogP) is 2.63. The molecule has 1 N–H and O–H groups in total. The zero-order chi connectivity index (χ0) is 18.0. The van der Waals surface area contributed by atoms with Gasteiger partial charge in [0.1, 0.15) is 6.04 Å². The summed E-state index contributed by atoms with van der Waals surface area (Å²) in [6, 6.07) is -3.19. The van der Waals surface area contributed by atoms with Crippen molar-refractivity contribution in [2.24, 2.45) is 5.92 Å². The van der Waals surface area contributed by atoms with E-state index in [1.165, 1.54) is 0 Å². The quantitative estimate of drug-likeness (QED) is 0.797. The van der Waals surface area contributed by atoms with Crippen LogP contribution in [0, 0.1) is 5.92 Å². The van der Waals surface area contributed by atoms with Crippen molar-refractivity contribution in [3.63, 3.8) is 0 Å². The van der Waals surface area contributed by atoms with Crippen molar-refractivity contribution in [1.29, 1.82) is 0 Å². The molecular weight excluding hydrogens is 330 g/mol. The number of amides is 2. The summed E-state index contributed by atoms with van der Waals surface area (Å²) < 4.78 is 75.7. The molecule has 0 aromatic heterocycles. The van der Waals surface area contributed by atoms with Crippen LogP contribution in [0.25, 0.3) is 0 Å². The van der Waals surface area contributed by atoms with Crippen molar-refractivity contribution in [3.05, 3.63) is 0 Å². The molecule has 2 amide bonds. The van der Waals surface area contributed by atoms with Gasteiger partial charge >= 0.3 is 18.3 Å². The third kappa shape index (κ3) is 5.58. The smallest absolute Gasteiger partial charge is 0.344 e. The first-order valence-electron chi connectivity index (χ1n) is 7.06. The summed E-state index contributed by atoms with van der Waals surface area (Å²) in [5, 5.41) is 1.64. The fourth-order valence-corrected chi connectivity index (χ4v) is 2.44. The third-order valence-corrected chi connectivity index (χ3v) is 3.46. The van der Waals surface area contributed by atoms with Gasteiger partial charge in [0.2, 0.25) is 5.91 Å². The molecule has 0 unspecified atom stereocenters. The summed E-state index contributed by atoms with van der Waals surface area (Å²) in [6.45, 7) is 2.71. The van der Waals surface area contributed by atoms with Crippen molar-refractivity contribution in [3.8, 4) is 0 Å². The molecule has 1 heterocycles. The minimum absolute atomic E-state index is 0.146. The van der Waals surface area contributed by atoms with Gasteiger partial charge < -0.3 is 10.2 Å². The van der Waals surface area contributed by atoms with Gasteiger partial charge in [0.15, 0.2) is 0 Å². The molecule has 1 fully saturated rings. The molecule has 0 saturated carbocycles. The van der Waals surface area contributed by atoms with Gasteiger partial charge in [0.05, 0.1) is 0 Å². The SMILES string of the molecule is CC(C)CC(=O)N1C[C@H](NC(=O)C(F)(F)F)CC[C@@H]1C(F)(F)F. The largest absolute Gasteiger partial charge is 0.471 e. The molecule has 0 aromatic carbocycles. The number of carbonyl (C=O) groups is 2. The highest BCUT2D eigenvalue weighted by atomic mass is 19.4. The van der Waals surface area contributed by atoms with Gasteiger partial charge in [-0.1, -0.05) is 13.8 Å². The summed E-state index contributed by atoms with van der Waals surface area (Å²) in [7, 11) is 0. The molecule has 10 heteroatoms. The van der Waals surface area contributed by atoms with E-state index >= 15 is 0 Å². The van der Waals surface area contributed by atoms with E-state index < -0.39 is 49.2 Å². The Kier molecular flexibility index (Phi) is 5.92. The summed E-state index contributed by atoms with van der Waals surface area (Å²) in [5.41, 5.74) is 0. The summed E-state index contributed by atoms with van der Waals surface area (Å²) in [5.74, 6) is -3.20. The molecule has 0 bridgehead atoms. The van der Waals surface area contributed by atoms with Crippen LogP contribution in [-0.4, -0.2) is 47.7 Å². The first kappa shape index (κ1) is 19.6. The highest BCUT2D eigenvalue weighted by molar-refractivity contribution is 5.82. The number of nitrogens with one attached hydrogen (secondary N) is 1. The minimum Gasteiger partial charge on any atom is -0.344 e. The maximum atomic E-state index is 13.0. The predicted molar refractivity (Wildman–Crippen MR) is 68.2 cm³/mol. The van der Waals surface area contributed by atoms with Crippen LogP contribution in [0.4, 0.5) is 26.3 Å². The van der Waals surface area contributed by atoms with E-state index in [4.69, 9.17) is 0 Å². The van der Waals surface area contributed by atoms with Crippen LogP contribution in [0.1, 0.15) is 33.1 Å². The second kappa shape index (κ2) is 6.96. The summed E-state index contributed by atoms with van der Waals surface area (Å²) >= 11 is 0. The monoisotopic (exact) mass is 348 g/mol. The summed E-state index contributed by atoms with van der Waals surface area (Å²) in [4.78, 5) is 23.4. The Morgan fingerprint density at radius 2 is 1.70 bits per heavy atom. The number of hydrogen-bond donors (Lipinski definition) is 1.